The summed E-state index contributed by atoms with van der Waals surface area (Å²) in [5.41, 5.74) is 7.68. The summed E-state index contributed by atoms with van der Waals surface area (Å²) in [7, 11) is 1.80. The molecule has 0 aliphatic carbocycles. The molecule has 8 nitrogen and oxygen atoms in total. The number of hydrogen-bond donors (Lipinski definition) is 3. The summed E-state index contributed by atoms with van der Waals surface area (Å²) in [5, 5.41) is 5.96. The van der Waals surface area contributed by atoms with Gasteiger partial charge in [-0.3, -0.25) is 4.79 Å². The van der Waals surface area contributed by atoms with Gasteiger partial charge in [0.25, 0.3) is 0 Å². The van der Waals surface area contributed by atoms with Crippen molar-refractivity contribution in [2.75, 3.05) is 31.2 Å². The molecule has 0 saturated carbocycles. The summed E-state index contributed by atoms with van der Waals surface area (Å²) in [6.07, 6.45) is 4.38. The standard InChI is InChI=1S/C23H23FN6O2/c1-26-8-2-3-10-32-22-15-29-20(14-30-22)21(31)12-16-6-7-18(24)17(11-16)13-28-19-5-4-9-27-23(19)25/h4-7,9,11,14-15,26,28H,8,10,12-13H2,1H3,(H2,25,27). The van der Waals surface area contributed by atoms with E-state index < -0.39 is 0 Å². The van der Waals surface area contributed by atoms with Crippen molar-refractivity contribution in [3.05, 3.63) is 71.6 Å². The van der Waals surface area contributed by atoms with Crippen LogP contribution in [0.15, 0.2) is 48.9 Å². The third kappa shape index (κ3) is 6.48. The van der Waals surface area contributed by atoms with Crippen LogP contribution in [0.4, 0.5) is 15.9 Å². The number of nitrogens with zero attached hydrogens (tertiary/aromatic N) is 3. The second-order valence-corrected chi connectivity index (χ2v) is 6.73. The number of halogens is 1. The van der Waals surface area contributed by atoms with Crippen LogP contribution in [0, 0.1) is 17.7 Å². The minimum Gasteiger partial charge on any atom is -0.463 e. The molecule has 32 heavy (non-hydrogen) atoms. The van der Waals surface area contributed by atoms with E-state index in [4.69, 9.17) is 10.5 Å². The number of Topliss-reactive ketones (excluding diaryl/α,β-unsaturated/α-hetero) is 1. The fraction of sp³-hybridized carbons (Fsp3) is 0.217. The molecular formula is C23H23FN6O2. The predicted octanol–water partition coefficient (Wildman–Crippen LogP) is 2.23. The molecule has 2 aromatic heterocycles. The zero-order valence-corrected chi connectivity index (χ0v) is 17.6. The lowest BCUT2D eigenvalue weighted by molar-refractivity contribution is 0.0987. The number of pyridine rings is 1. The number of rotatable bonds is 9. The highest BCUT2D eigenvalue weighted by Crippen LogP contribution is 2.18. The number of ether oxygens (including phenoxy) is 1. The molecule has 0 aliphatic rings. The van der Waals surface area contributed by atoms with Gasteiger partial charge in [-0.25, -0.2) is 19.3 Å². The van der Waals surface area contributed by atoms with E-state index in [1.807, 2.05) is 0 Å². The minimum absolute atomic E-state index is 0.0622. The predicted molar refractivity (Wildman–Crippen MR) is 120 cm³/mol. The number of nitrogens with two attached hydrogens (primary N) is 1. The number of ketones is 1. The number of nitrogen functional groups attached to an aromatic ring is 1. The van der Waals surface area contributed by atoms with E-state index in [1.54, 1.807) is 37.5 Å². The van der Waals surface area contributed by atoms with Gasteiger partial charge in [-0.05, 0) is 30.8 Å². The third-order valence-electron chi connectivity index (χ3n) is 4.38. The van der Waals surface area contributed by atoms with Gasteiger partial charge in [-0.2, -0.15) is 0 Å². The van der Waals surface area contributed by atoms with Crippen LogP contribution in [0.5, 0.6) is 5.88 Å². The Hall–Kier alpha value is -4.03. The highest BCUT2D eigenvalue weighted by Gasteiger charge is 2.12. The first-order valence-corrected chi connectivity index (χ1v) is 9.87. The molecule has 0 radical (unpaired) electrons. The summed E-state index contributed by atoms with van der Waals surface area (Å²) in [4.78, 5) is 24.8. The number of anilines is 2. The lowest BCUT2D eigenvalue weighted by atomic mass is 10.0. The molecule has 9 heteroatoms. The van der Waals surface area contributed by atoms with Crippen molar-refractivity contribution >= 4 is 17.3 Å². The smallest absolute Gasteiger partial charge is 0.233 e. The average Bonchev–Trinajstić information content (AvgIpc) is 2.80. The summed E-state index contributed by atoms with van der Waals surface area (Å²) >= 11 is 0. The number of carbonyl (C=O) groups excluding carboxylic acids is 1. The van der Waals surface area contributed by atoms with Crippen LogP contribution >= 0.6 is 0 Å². The Morgan fingerprint density at radius 2 is 2.06 bits per heavy atom. The van der Waals surface area contributed by atoms with Crippen molar-refractivity contribution < 1.29 is 13.9 Å². The number of benzene rings is 1. The zero-order valence-electron chi connectivity index (χ0n) is 17.6. The van der Waals surface area contributed by atoms with Crippen LogP contribution in [0.1, 0.15) is 21.6 Å². The number of nitrogens with one attached hydrogen (secondary N) is 2. The van der Waals surface area contributed by atoms with Crippen LogP contribution in [0.2, 0.25) is 0 Å². The molecule has 0 aliphatic heterocycles. The molecule has 2 heterocycles. The Kier molecular flexibility index (Phi) is 8.06. The van der Waals surface area contributed by atoms with Gasteiger partial charge in [0.05, 0.1) is 24.6 Å². The SMILES string of the molecule is CNCC#CCOc1cnc(C(=O)Cc2ccc(F)c(CNc3cccnc3N)c2)cn1. The lowest BCUT2D eigenvalue weighted by Crippen LogP contribution is -2.09. The molecule has 0 bridgehead atoms. The van der Waals surface area contributed by atoms with E-state index in [-0.39, 0.29) is 42.7 Å². The maximum atomic E-state index is 14.2. The maximum absolute atomic E-state index is 14.2. The molecule has 0 unspecified atom stereocenters. The van der Waals surface area contributed by atoms with Gasteiger partial charge in [0.15, 0.2) is 12.4 Å². The first kappa shape index (κ1) is 22.7. The minimum atomic E-state index is -0.379. The van der Waals surface area contributed by atoms with Crippen LogP contribution in [0.25, 0.3) is 0 Å². The second-order valence-electron chi connectivity index (χ2n) is 6.73. The van der Waals surface area contributed by atoms with Crippen LogP contribution in [-0.4, -0.2) is 40.9 Å². The summed E-state index contributed by atoms with van der Waals surface area (Å²) in [6, 6.07) is 8.04. The molecule has 0 spiro atoms. The van der Waals surface area contributed by atoms with Crippen molar-refractivity contribution in [3.63, 3.8) is 0 Å². The Balaban J connectivity index is 1.59. The van der Waals surface area contributed by atoms with E-state index in [1.165, 1.54) is 18.5 Å². The molecule has 0 fully saturated rings. The molecular weight excluding hydrogens is 411 g/mol. The molecule has 4 N–H and O–H groups in total. The number of aromatic nitrogens is 3. The highest BCUT2D eigenvalue weighted by atomic mass is 19.1. The van der Waals surface area contributed by atoms with Crippen molar-refractivity contribution in [1.82, 2.24) is 20.3 Å². The lowest BCUT2D eigenvalue weighted by Gasteiger charge is -2.10. The number of hydrogen-bond acceptors (Lipinski definition) is 8. The topological polar surface area (TPSA) is 115 Å². The van der Waals surface area contributed by atoms with Gasteiger partial charge in [-0.15, -0.1) is 0 Å². The molecule has 0 atom stereocenters. The normalized spacial score (nSPS) is 10.2. The van der Waals surface area contributed by atoms with Crippen molar-refractivity contribution in [1.29, 1.82) is 0 Å². The van der Waals surface area contributed by atoms with E-state index in [9.17, 15) is 9.18 Å². The molecule has 3 aromatic rings. The molecule has 0 amide bonds. The monoisotopic (exact) mass is 434 g/mol. The van der Waals surface area contributed by atoms with Crippen LogP contribution < -0.4 is 21.1 Å². The van der Waals surface area contributed by atoms with Gasteiger partial charge in [-0.1, -0.05) is 24.0 Å². The molecule has 0 saturated heterocycles. The van der Waals surface area contributed by atoms with Crippen LogP contribution in [0.3, 0.4) is 0 Å². The quantitative estimate of drug-likeness (QED) is 0.347. The van der Waals surface area contributed by atoms with Crippen molar-refractivity contribution in [2.24, 2.45) is 0 Å². The van der Waals surface area contributed by atoms with Crippen LogP contribution in [-0.2, 0) is 13.0 Å². The van der Waals surface area contributed by atoms with Gasteiger partial charge in [0, 0.05) is 24.7 Å². The van der Waals surface area contributed by atoms with Crippen molar-refractivity contribution in [3.8, 4) is 17.7 Å². The fourth-order valence-corrected chi connectivity index (χ4v) is 2.75. The van der Waals surface area contributed by atoms with Gasteiger partial charge >= 0.3 is 0 Å². The maximum Gasteiger partial charge on any atom is 0.233 e. The van der Waals surface area contributed by atoms with E-state index in [0.717, 1.165) is 0 Å². The second kappa shape index (κ2) is 11.4. The van der Waals surface area contributed by atoms with E-state index in [0.29, 0.717) is 29.2 Å². The highest BCUT2D eigenvalue weighted by molar-refractivity contribution is 5.95. The Morgan fingerprint density at radius 3 is 2.81 bits per heavy atom. The average molecular weight is 434 g/mol. The molecule has 164 valence electrons. The first-order valence-electron chi connectivity index (χ1n) is 9.87. The van der Waals surface area contributed by atoms with Gasteiger partial charge in [0.1, 0.15) is 17.3 Å². The van der Waals surface area contributed by atoms with Gasteiger partial charge < -0.3 is 21.1 Å². The Labute approximate surface area is 185 Å². The summed E-state index contributed by atoms with van der Waals surface area (Å²) < 4.78 is 19.6. The number of carbonyl (C=O) groups is 1. The van der Waals surface area contributed by atoms with E-state index in [2.05, 4.69) is 37.4 Å². The van der Waals surface area contributed by atoms with E-state index >= 15 is 0 Å². The zero-order chi connectivity index (χ0) is 22.8. The Morgan fingerprint density at radius 1 is 1.19 bits per heavy atom. The van der Waals surface area contributed by atoms with Crippen molar-refractivity contribution in [2.45, 2.75) is 13.0 Å². The molecule has 3 rings (SSSR count). The third-order valence-corrected chi connectivity index (χ3v) is 4.38. The fourth-order valence-electron chi connectivity index (χ4n) is 2.75. The largest absolute Gasteiger partial charge is 0.463 e. The summed E-state index contributed by atoms with van der Waals surface area (Å²) in [5.74, 6) is 5.68. The molecule has 1 aromatic carbocycles. The van der Waals surface area contributed by atoms with Gasteiger partial charge in [0.2, 0.25) is 5.88 Å². The first-order chi connectivity index (χ1) is 15.6. The Bertz CT molecular complexity index is 1130. The summed E-state index contributed by atoms with van der Waals surface area (Å²) in [6.45, 7) is 0.953.